The first-order valence-electron chi connectivity index (χ1n) is 10.1. The Labute approximate surface area is 193 Å². The lowest BCUT2D eigenvalue weighted by Crippen LogP contribution is -2.47. The van der Waals surface area contributed by atoms with Gasteiger partial charge in [0, 0.05) is 38.0 Å². The molecule has 0 saturated heterocycles. The quantitative estimate of drug-likeness (QED) is 0.292. The number of aryl methyl sites for hydroxylation is 2. The van der Waals surface area contributed by atoms with Crippen molar-refractivity contribution in [3.63, 3.8) is 0 Å². The second-order valence-corrected chi connectivity index (χ2v) is 7.26. The van der Waals surface area contributed by atoms with Gasteiger partial charge in [0.15, 0.2) is 11.8 Å². The molecule has 1 atom stereocenters. The number of aromatic nitrogens is 5. The molecule has 0 saturated carbocycles. The highest BCUT2D eigenvalue weighted by atomic mass is 127. The Morgan fingerprint density at radius 1 is 1.33 bits per heavy atom. The fraction of sp³-hybridized carbons (Fsp3) is 0.500. The third-order valence-corrected chi connectivity index (χ3v) is 5.01. The third kappa shape index (κ3) is 5.09. The van der Waals surface area contributed by atoms with E-state index >= 15 is 0 Å². The summed E-state index contributed by atoms with van der Waals surface area (Å²) in [6.45, 7) is 6.68. The van der Waals surface area contributed by atoms with E-state index in [1.807, 2.05) is 16.8 Å². The number of rotatable bonds is 6. The normalized spacial score (nSPS) is 16.2. The van der Waals surface area contributed by atoms with Gasteiger partial charge in [0.05, 0.1) is 18.8 Å². The second-order valence-electron chi connectivity index (χ2n) is 7.26. The van der Waals surface area contributed by atoms with E-state index in [1.54, 1.807) is 7.11 Å². The molecule has 0 radical (unpaired) electrons. The number of nitrogens with zero attached hydrogens (tertiary/aromatic N) is 6. The van der Waals surface area contributed by atoms with E-state index in [4.69, 9.17) is 9.73 Å². The molecular formula is C20H29IN8O. The largest absolute Gasteiger partial charge is 0.377 e. The molecule has 0 amide bonds. The van der Waals surface area contributed by atoms with Crippen molar-refractivity contribution in [2.24, 2.45) is 4.99 Å². The zero-order chi connectivity index (χ0) is 20.2. The number of hydrogen-bond acceptors (Lipinski definition) is 5. The summed E-state index contributed by atoms with van der Waals surface area (Å²) in [4.78, 5) is 14.0. The standard InChI is InChI=1S/C20H28N8O.HI/c1-4-21-20(22-10-16-11-27-14(2)6-5-7-18(27)23-16)24-15-8-9-19-25-17(13-29-3)26-28(19)12-15;/h5-7,11,15H,4,8-10,12-13H2,1-3H3,(H2,21,22,24);1H. The molecule has 0 spiro atoms. The number of halogens is 1. The number of fused-ring (bicyclic) bond motifs is 2. The van der Waals surface area contributed by atoms with Crippen molar-refractivity contribution in [2.75, 3.05) is 13.7 Å². The van der Waals surface area contributed by atoms with Crippen LogP contribution in [0.15, 0.2) is 29.4 Å². The minimum Gasteiger partial charge on any atom is -0.377 e. The number of imidazole rings is 1. The fourth-order valence-electron chi connectivity index (χ4n) is 3.62. The lowest BCUT2D eigenvalue weighted by atomic mass is 10.1. The van der Waals surface area contributed by atoms with E-state index in [0.717, 1.165) is 60.6 Å². The van der Waals surface area contributed by atoms with Crippen LogP contribution in [0.25, 0.3) is 5.65 Å². The molecule has 1 unspecified atom stereocenters. The van der Waals surface area contributed by atoms with Crippen molar-refractivity contribution < 1.29 is 4.74 Å². The van der Waals surface area contributed by atoms with Crippen molar-refractivity contribution in [1.82, 2.24) is 34.8 Å². The molecule has 4 rings (SSSR count). The van der Waals surface area contributed by atoms with Crippen LogP contribution in [-0.2, 0) is 30.9 Å². The van der Waals surface area contributed by atoms with Gasteiger partial charge in [-0.15, -0.1) is 24.0 Å². The molecule has 3 aromatic heterocycles. The van der Waals surface area contributed by atoms with Crippen molar-refractivity contribution in [2.45, 2.75) is 52.4 Å². The van der Waals surface area contributed by atoms with Crippen LogP contribution in [0.4, 0.5) is 0 Å². The lowest BCUT2D eigenvalue weighted by molar-refractivity contribution is 0.177. The highest BCUT2D eigenvalue weighted by Gasteiger charge is 2.22. The van der Waals surface area contributed by atoms with Gasteiger partial charge in [0.2, 0.25) is 0 Å². The van der Waals surface area contributed by atoms with E-state index in [1.165, 1.54) is 0 Å². The highest BCUT2D eigenvalue weighted by molar-refractivity contribution is 14.0. The van der Waals surface area contributed by atoms with E-state index < -0.39 is 0 Å². The van der Waals surface area contributed by atoms with Crippen LogP contribution in [0.1, 0.15) is 36.4 Å². The van der Waals surface area contributed by atoms with Crippen LogP contribution in [0.5, 0.6) is 0 Å². The highest BCUT2D eigenvalue weighted by Crippen LogP contribution is 2.14. The van der Waals surface area contributed by atoms with Crippen LogP contribution in [0.2, 0.25) is 0 Å². The molecule has 30 heavy (non-hydrogen) atoms. The number of guanidine groups is 1. The van der Waals surface area contributed by atoms with Gasteiger partial charge in [-0.3, -0.25) is 0 Å². The van der Waals surface area contributed by atoms with Crippen LogP contribution < -0.4 is 10.6 Å². The fourth-order valence-corrected chi connectivity index (χ4v) is 3.62. The van der Waals surface area contributed by atoms with Gasteiger partial charge < -0.3 is 19.8 Å². The van der Waals surface area contributed by atoms with Crippen LogP contribution in [-0.4, -0.2) is 49.8 Å². The average Bonchev–Trinajstić information content (AvgIpc) is 3.30. The predicted octanol–water partition coefficient (Wildman–Crippen LogP) is 2.07. The SMILES string of the molecule is CCNC(=NCc1cn2c(C)cccc2n1)NC1CCc2nc(COC)nn2C1.I. The Bertz CT molecular complexity index is 1010. The van der Waals surface area contributed by atoms with Crippen LogP contribution >= 0.6 is 24.0 Å². The van der Waals surface area contributed by atoms with Gasteiger partial charge in [-0.1, -0.05) is 6.07 Å². The van der Waals surface area contributed by atoms with Gasteiger partial charge in [-0.2, -0.15) is 5.10 Å². The number of aliphatic imine (C=N–C) groups is 1. The molecule has 0 fully saturated rings. The molecule has 10 heteroatoms. The zero-order valence-corrected chi connectivity index (χ0v) is 20.0. The molecule has 162 valence electrons. The Balaban J connectivity index is 0.00000256. The molecule has 9 nitrogen and oxygen atoms in total. The number of ether oxygens (including phenoxy) is 1. The Hall–Kier alpha value is -2.21. The average molecular weight is 524 g/mol. The Morgan fingerprint density at radius 2 is 2.20 bits per heavy atom. The number of methoxy groups -OCH3 is 1. The molecule has 0 aromatic carbocycles. The van der Waals surface area contributed by atoms with E-state index in [0.29, 0.717) is 13.2 Å². The molecule has 4 heterocycles. The molecule has 1 aliphatic heterocycles. The molecule has 2 N–H and O–H groups in total. The van der Waals surface area contributed by atoms with Gasteiger partial charge in [0.1, 0.15) is 18.1 Å². The van der Waals surface area contributed by atoms with Crippen molar-refractivity contribution >= 4 is 35.6 Å². The van der Waals surface area contributed by atoms with Gasteiger partial charge in [-0.25, -0.2) is 19.6 Å². The molecule has 0 bridgehead atoms. The first-order chi connectivity index (χ1) is 14.2. The predicted molar refractivity (Wildman–Crippen MR) is 126 cm³/mol. The minimum atomic E-state index is 0. The number of nitrogens with one attached hydrogen (secondary N) is 2. The van der Waals surface area contributed by atoms with Crippen molar-refractivity contribution in [3.05, 3.63) is 47.4 Å². The summed E-state index contributed by atoms with van der Waals surface area (Å²) >= 11 is 0. The van der Waals surface area contributed by atoms with Crippen molar-refractivity contribution in [3.8, 4) is 0 Å². The molecule has 1 aliphatic rings. The smallest absolute Gasteiger partial charge is 0.191 e. The topological polar surface area (TPSA) is 93.7 Å². The summed E-state index contributed by atoms with van der Waals surface area (Å²) in [5.41, 5.74) is 3.06. The van der Waals surface area contributed by atoms with Crippen LogP contribution in [0, 0.1) is 6.92 Å². The molecular weight excluding hydrogens is 495 g/mol. The second kappa shape index (κ2) is 10.2. The maximum atomic E-state index is 5.14. The minimum absolute atomic E-state index is 0. The van der Waals surface area contributed by atoms with Gasteiger partial charge in [0.25, 0.3) is 0 Å². The summed E-state index contributed by atoms with van der Waals surface area (Å²) in [5, 5.41) is 11.4. The Kier molecular flexibility index (Phi) is 7.64. The van der Waals surface area contributed by atoms with E-state index in [2.05, 4.69) is 56.2 Å². The number of hydrogen-bond donors (Lipinski definition) is 2. The van der Waals surface area contributed by atoms with Crippen LogP contribution in [0.3, 0.4) is 0 Å². The summed E-state index contributed by atoms with van der Waals surface area (Å²) in [7, 11) is 1.66. The molecule has 3 aromatic rings. The summed E-state index contributed by atoms with van der Waals surface area (Å²) in [6.07, 6.45) is 3.93. The summed E-state index contributed by atoms with van der Waals surface area (Å²) in [5.74, 6) is 2.56. The first-order valence-corrected chi connectivity index (χ1v) is 10.1. The lowest BCUT2D eigenvalue weighted by Gasteiger charge is -2.25. The maximum Gasteiger partial charge on any atom is 0.191 e. The summed E-state index contributed by atoms with van der Waals surface area (Å²) in [6, 6.07) is 6.36. The maximum absolute atomic E-state index is 5.14. The summed E-state index contributed by atoms with van der Waals surface area (Å²) < 4.78 is 9.21. The molecule has 0 aliphatic carbocycles. The van der Waals surface area contributed by atoms with E-state index in [9.17, 15) is 0 Å². The zero-order valence-electron chi connectivity index (χ0n) is 17.6. The monoisotopic (exact) mass is 524 g/mol. The Morgan fingerprint density at radius 3 is 2.97 bits per heavy atom. The van der Waals surface area contributed by atoms with Crippen molar-refractivity contribution in [1.29, 1.82) is 0 Å². The van der Waals surface area contributed by atoms with Gasteiger partial charge >= 0.3 is 0 Å². The van der Waals surface area contributed by atoms with Gasteiger partial charge in [-0.05, 0) is 32.4 Å². The van der Waals surface area contributed by atoms with E-state index in [-0.39, 0.29) is 30.0 Å². The first kappa shape index (κ1) is 22.5. The number of pyridine rings is 1. The third-order valence-electron chi connectivity index (χ3n) is 5.01.